The van der Waals surface area contributed by atoms with E-state index in [1.165, 1.54) is 16.3 Å². The predicted molar refractivity (Wildman–Crippen MR) is 126 cm³/mol. The molecule has 3 aromatic rings. The molecule has 1 aromatic carbocycles. The van der Waals surface area contributed by atoms with Crippen molar-refractivity contribution in [1.82, 2.24) is 29.4 Å². The van der Waals surface area contributed by atoms with Crippen molar-refractivity contribution in [3.05, 3.63) is 34.6 Å². The number of carbonyl (C=O) groups is 2. The first-order valence-corrected chi connectivity index (χ1v) is 12.0. The summed E-state index contributed by atoms with van der Waals surface area (Å²) in [4.78, 5) is 39.7. The maximum Gasteiger partial charge on any atom is 0.262 e. The molecule has 0 spiro atoms. The van der Waals surface area contributed by atoms with Crippen molar-refractivity contribution < 1.29 is 9.59 Å². The molecule has 172 valence electrons. The molecule has 2 heterocycles. The van der Waals surface area contributed by atoms with Gasteiger partial charge in [0.2, 0.25) is 17.6 Å². The van der Waals surface area contributed by atoms with Gasteiger partial charge in [-0.1, -0.05) is 30.8 Å². The van der Waals surface area contributed by atoms with E-state index >= 15 is 0 Å². The summed E-state index contributed by atoms with van der Waals surface area (Å²) in [6.45, 7) is 9.33. The first-order chi connectivity index (χ1) is 15.4. The second-order valence-electron chi connectivity index (χ2n) is 7.57. The van der Waals surface area contributed by atoms with E-state index in [-0.39, 0.29) is 42.1 Å². The Labute approximate surface area is 191 Å². The van der Waals surface area contributed by atoms with Crippen LogP contribution < -0.4 is 10.9 Å². The number of aromatic nitrogens is 4. The van der Waals surface area contributed by atoms with E-state index in [9.17, 15) is 14.4 Å². The first-order valence-electron chi connectivity index (χ1n) is 11.0. The molecule has 0 radical (unpaired) electrons. The summed E-state index contributed by atoms with van der Waals surface area (Å²) >= 11 is 1.29. The zero-order chi connectivity index (χ0) is 23.3. The molecule has 2 amide bonds. The van der Waals surface area contributed by atoms with Crippen LogP contribution in [0.25, 0.3) is 16.7 Å². The van der Waals surface area contributed by atoms with Crippen LogP contribution in [0.3, 0.4) is 0 Å². The smallest absolute Gasteiger partial charge is 0.262 e. The largest absolute Gasteiger partial charge is 0.354 e. The molecule has 1 atom stereocenters. The Balaban J connectivity index is 1.96. The summed E-state index contributed by atoms with van der Waals surface area (Å²) in [6.07, 6.45) is 0.997. The van der Waals surface area contributed by atoms with Gasteiger partial charge in [-0.05, 0) is 39.3 Å². The average molecular weight is 459 g/mol. The van der Waals surface area contributed by atoms with Gasteiger partial charge in [0, 0.05) is 32.1 Å². The van der Waals surface area contributed by atoms with Gasteiger partial charge in [-0.15, -0.1) is 10.2 Å². The number of aryl methyl sites for hydroxylation is 1. The molecular formula is C22H30N6O3S. The molecule has 0 saturated carbocycles. The highest BCUT2D eigenvalue weighted by Crippen LogP contribution is 2.22. The molecule has 10 heteroatoms. The zero-order valence-electron chi connectivity index (χ0n) is 19.0. The Bertz CT molecular complexity index is 1170. The van der Waals surface area contributed by atoms with Crippen LogP contribution in [-0.2, 0) is 16.1 Å². The molecule has 9 nitrogen and oxygen atoms in total. The number of nitrogens with zero attached hydrogens (tertiary/aromatic N) is 5. The Morgan fingerprint density at radius 3 is 2.56 bits per heavy atom. The number of amides is 2. The molecule has 0 aliphatic heterocycles. The van der Waals surface area contributed by atoms with Crippen molar-refractivity contribution in [1.29, 1.82) is 0 Å². The van der Waals surface area contributed by atoms with E-state index in [0.717, 1.165) is 6.42 Å². The first kappa shape index (κ1) is 23.8. The lowest BCUT2D eigenvalue weighted by atomic mass is 10.2. The average Bonchev–Trinajstić information content (AvgIpc) is 3.22. The maximum atomic E-state index is 13.2. The number of hydrogen-bond acceptors (Lipinski definition) is 6. The summed E-state index contributed by atoms with van der Waals surface area (Å²) in [5, 5.41) is 12.5. The van der Waals surface area contributed by atoms with Crippen LogP contribution in [-0.4, -0.2) is 60.8 Å². The molecule has 2 aromatic heterocycles. The van der Waals surface area contributed by atoms with Gasteiger partial charge >= 0.3 is 0 Å². The molecule has 3 rings (SSSR count). The molecule has 32 heavy (non-hydrogen) atoms. The molecule has 0 aliphatic carbocycles. The summed E-state index contributed by atoms with van der Waals surface area (Å²) in [5.41, 5.74) is 0.461. The van der Waals surface area contributed by atoms with Gasteiger partial charge in [0.05, 0.1) is 16.7 Å². The highest BCUT2D eigenvalue weighted by Gasteiger charge is 2.19. The van der Waals surface area contributed by atoms with E-state index < -0.39 is 0 Å². The highest BCUT2D eigenvalue weighted by atomic mass is 32.2. The Kier molecular flexibility index (Phi) is 7.89. The van der Waals surface area contributed by atoms with Crippen LogP contribution >= 0.6 is 11.8 Å². The predicted octanol–water partition coefficient (Wildman–Crippen LogP) is 2.31. The molecule has 0 saturated heterocycles. The molecular weight excluding hydrogens is 428 g/mol. The van der Waals surface area contributed by atoms with Crippen LogP contribution in [0.15, 0.2) is 34.2 Å². The normalized spacial score (nSPS) is 12.2. The summed E-state index contributed by atoms with van der Waals surface area (Å²) in [5.74, 6) is 0.503. The van der Waals surface area contributed by atoms with Gasteiger partial charge in [0.25, 0.3) is 5.56 Å². The van der Waals surface area contributed by atoms with E-state index in [0.29, 0.717) is 34.9 Å². The quantitative estimate of drug-likeness (QED) is 0.468. The lowest BCUT2D eigenvalue weighted by molar-refractivity contribution is -0.128. The fourth-order valence-corrected chi connectivity index (χ4v) is 4.33. The number of hydrogen-bond donors (Lipinski definition) is 1. The van der Waals surface area contributed by atoms with Gasteiger partial charge in [-0.2, -0.15) is 0 Å². The fourth-order valence-electron chi connectivity index (χ4n) is 3.48. The monoisotopic (exact) mass is 458 g/mol. The maximum absolute atomic E-state index is 13.2. The van der Waals surface area contributed by atoms with Crippen molar-refractivity contribution in [3.63, 3.8) is 0 Å². The standard InChI is InChI=1S/C22H30N6O3S/c1-5-15(4)23-18(29)12-13-27-20(31)16-10-8-9-11-17(16)28-21(27)24-25-22(28)32-14-19(30)26(6-2)7-3/h8-11,15H,5-7,12-14H2,1-4H3,(H,23,29)/t15-/m1/s1. The van der Waals surface area contributed by atoms with Crippen LogP contribution in [0, 0.1) is 0 Å². The third kappa shape index (κ3) is 4.95. The summed E-state index contributed by atoms with van der Waals surface area (Å²) < 4.78 is 3.28. The van der Waals surface area contributed by atoms with Crippen LogP contribution in [0.2, 0.25) is 0 Å². The number of fused-ring (bicyclic) bond motifs is 3. The van der Waals surface area contributed by atoms with Crippen molar-refractivity contribution in [2.24, 2.45) is 0 Å². The Morgan fingerprint density at radius 1 is 1.16 bits per heavy atom. The molecule has 0 fully saturated rings. The second-order valence-corrected chi connectivity index (χ2v) is 8.52. The van der Waals surface area contributed by atoms with Gasteiger partial charge < -0.3 is 10.2 Å². The number of benzene rings is 1. The van der Waals surface area contributed by atoms with E-state index in [1.807, 2.05) is 39.8 Å². The van der Waals surface area contributed by atoms with Crippen LogP contribution in [0.5, 0.6) is 0 Å². The van der Waals surface area contributed by atoms with Crippen molar-refractivity contribution in [2.75, 3.05) is 18.8 Å². The van der Waals surface area contributed by atoms with Crippen LogP contribution in [0.4, 0.5) is 0 Å². The van der Waals surface area contributed by atoms with E-state index in [1.54, 1.807) is 21.4 Å². The summed E-state index contributed by atoms with van der Waals surface area (Å²) in [7, 11) is 0. The second kappa shape index (κ2) is 10.6. The van der Waals surface area contributed by atoms with Gasteiger partial charge in [-0.3, -0.25) is 23.4 Å². The molecule has 0 aliphatic rings. The Morgan fingerprint density at radius 2 is 1.88 bits per heavy atom. The van der Waals surface area contributed by atoms with Gasteiger partial charge in [0.15, 0.2) is 5.16 Å². The van der Waals surface area contributed by atoms with Crippen molar-refractivity contribution >= 4 is 40.3 Å². The van der Waals surface area contributed by atoms with Crippen LogP contribution in [0.1, 0.15) is 40.5 Å². The van der Waals surface area contributed by atoms with E-state index in [2.05, 4.69) is 15.5 Å². The van der Waals surface area contributed by atoms with Gasteiger partial charge in [0.1, 0.15) is 0 Å². The molecule has 0 unspecified atom stereocenters. The van der Waals surface area contributed by atoms with Crippen molar-refractivity contribution in [3.8, 4) is 0 Å². The third-order valence-electron chi connectivity index (χ3n) is 5.50. The number of para-hydroxylation sites is 1. The van der Waals surface area contributed by atoms with Crippen molar-refractivity contribution in [2.45, 2.75) is 58.3 Å². The number of nitrogens with one attached hydrogen (secondary N) is 1. The number of carbonyl (C=O) groups excluding carboxylic acids is 2. The number of thioether (sulfide) groups is 1. The minimum absolute atomic E-state index is 0.0242. The lowest BCUT2D eigenvalue weighted by Crippen LogP contribution is -2.33. The lowest BCUT2D eigenvalue weighted by Gasteiger charge is -2.18. The Hall–Kier alpha value is -2.88. The van der Waals surface area contributed by atoms with E-state index in [4.69, 9.17) is 0 Å². The third-order valence-corrected chi connectivity index (χ3v) is 6.42. The fraction of sp³-hybridized carbons (Fsp3) is 0.500. The molecule has 0 bridgehead atoms. The minimum Gasteiger partial charge on any atom is -0.354 e. The topological polar surface area (TPSA) is 102 Å². The number of rotatable bonds is 10. The highest BCUT2D eigenvalue weighted by molar-refractivity contribution is 7.99. The SMILES string of the molecule is CC[C@@H](C)NC(=O)CCn1c(=O)c2ccccc2n2c(SCC(=O)N(CC)CC)nnc12. The zero-order valence-corrected chi connectivity index (χ0v) is 19.8. The summed E-state index contributed by atoms with van der Waals surface area (Å²) in [6, 6.07) is 7.32. The van der Waals surface area contributed by atoms with Gasteiger partial charge in [-0.25, -0.2) is 0 Å². The minimum atomic E-state index is -0.215. The molecule has 1 N–H and O–H groups in total.